The summed E-state index contributed by atoms with van der Waals surface area (Å²) in [6.45, 7) is 0.620. The van der Waals surface area contributed by atoms with Crippen LogP contribution in [0.25, 0.3) is 0 Å². The molecule has 2 rings (SSSR count). The van der Waals surface area contributed by atoms with E-state index < -0.39 is 0 Å². The molecule has 142 valence electrons. The van der Waals surface area contributed by atoms with Gasteiger partial charge in [0.1, 0.15) is 0 Å². The highest BCUT2D eigenvalue weighted by molar-refractivity contribution is 5.85. The van der Waals surface area contributed by atoms with Crippen molar-refractivity contribution in [1.29, 1.82) is 0 Å². The first-order valence-electron chi connectivity index (χ1n) is 8.42. The molecule has 1 amide bonds. The normalized spacial score (nSPS) is 11.2. The molecule has 0 saturated heterocycles. The summed E-state index contributed by atoms with van der Waals surface area (Å²) < 4.78 is 10.5. The first-order chi connectivity index (χ1) is 12.1. The zero-order valence-electron chi connectivity index (χ0n) is 15.2. The predicted molar refractivity (Wildman–Crippen MR) is 106 cm³/mol. The summed E-state index contributed by atoms with van der Waals surface area (Å²) in [5.74, 6) is 1.41. The zero-order valence-corrected chi connectivity index (χ0v) is 16.1. The third-order valence-corrected chi connectivity index (χ3v) is 4.05. The fraction of sp³-hybridized carbons (Fsp3) is 0.350. The van der Waals surface area contributed by atoms with E-state index >= 15 is 0 Å². The average molecular weight is 379 g/mol. The Hall–Kier alpha value is -2.24. The number of nitrogens with two attached hydrogens (primary N) is 1. The lowest BCUT2D eigenvalue weighted by molar-refractivity contribution is -0.121. The molecular weight excluding hydrogens is 352 g/mol. The second kappa shape index (κ2) is 11.4. The number of aryl methyl sites for hydroxylation is 1. The third-order valence-electron chi connectivity index (χ3n) is 4.05. The van der Waals surface area contributed by atoms with E-state index in [4.69, 9.17) is 15.2 Å². The lowest BCUT2D eigenvalue weighted by Crippen LogP contribution is -2.28. The molecule has 0 aliphatic rings. The highest BCUT2D eigenvalue weighted by Gasteiger charge is 2.11. The molecule has 0 saturated carbocycles. The van der Waals surface area contributed by atoms with Crippen molar-refractivity contribution < 1.29 is 14.3 Å². The highest BCUT2D eigenvalue weighted by atomic mass is 35.5. The number of hydrogen-bond acceptors (Lipinski definition) is 4. The first kappa shape index (κ1) is 21.8. The van der Waals surface area contributed by atoms with E-state index in [1.54, 1.807) is 14.2 Å². The molecule has 6 heteroatoms. The van der Waals surface area contributed by atoms with Gasteiger partial charge in [-0.1, -0.05) is 36.4 Å². The number of rotatable bonds is 9. The van der Waals surface area contributed by atoms with E-state index in [1.165, 1.54) is 0 Å². The molecule has 0 heterocycles. The van der Waals surface area contributed by atoms with Crippen molar-refractivity contribution in [2.75, 3.05) is 20.8 Å². The summed E-state index contributed by atoms with van der Waals surface area (Å²) in [6.07, 6.45) is 1.99. The Morgan fingerprint density at radius 3 is 2.42 bits per heavy atom. The zero-order chi connectivity index (χ0) is 18.1. The van der Waals surface area contributed by atoms with Crippen molar-refractivity contribution in [3.63, 3.8) is 0 Å². The minimum absolute atomic E-state index is 0. The number of hydrogen-bond donors (Lipinski definition) is 2. The summed E-state index contributed by atoms with van der Waals surface area (Å²) in [5.41, 5.74) is 8.19. The van der Waals surface area contributed by atoms with E-state index in [-0.39, 0.29) is 24.4 Å². The maximum atomic E-state index is 12.0. The Kier molecular flexibility index (Phi) is 9.55. The molecule has 1 atom stereocenters. The van der Waals surface area contributed by atoms with E-state index in [9.17, 15) is 4.79 Å². The van der Waals surface area contributed by atoms with Gasteiger partial charge < -0.3 is 20.5 Å². The van der Waals surface area contributed by atoms with Gasteiger partial charge in [-0.2, -0.15) is 0 Å². The molecule has 0 aliphatic heterocycles. The predicted octanol–water partition coefficient (Wildman–Crippen LogP) is 3.26. The molecule has 0 bridgehead atoms. The first-order valence-corrected chi connectivity index (χ1v) is 8.42. The Balaban J connectivity index is 0.00000338. The van der Waals surface area contributed by atoms with Crippen LogP contribution in [0, 0.1) is 0 Å². The fourth-order valence-corrected chi connectivity index (χ4v) is 2.65. The smallest absolute Gasteiger partial charge is 0.221 e. The van der Waals surface area contributed by atoms with Gasteiger partial charge in [-0.3, -0.25) is 4.79 Å². The Morgan fingerprint density at radius 1 is 1.08 bits per heavy atom. The number of benzene rings is 2. The second-order valence-electron chi connectivity index (χ2n) is 5.86. The van der Waals surface area contributed by atoms with Crippen molar-refractivity contribution in [2.45, 2.75) is 25.3 Å². The highest BCUT2D eigenvalue weighted by Crippen LogP contribution is 2.27. The van der Waals surface area contributed by atoms with Crippen molar-refractivity contribution in [3.05, 3.63) is 59.7 Å². The fourth-order valence-electron chi connectivity index (χ4n) is 2.65. The monoisotopic (exact) mass is 378 g/mol. The van der Waals surface area contributed by atoms with Gasteiger partial charge in [-0.15, -0.1) is 12.4 Å². The molecule has 3 N–H and O–H groups in total. The number of carbonyl (C=O) groups is 1. The van der Waals surface area contributed by atoms with Crippen LogP contribution in [0.2, 0.25) is 0 Å². The van der Waals surface area contributed by atoms with E-state index in [1.807, 2.05) is 48.5 Å². The lowest BCUT2D eigenvalue weighted by atomic mass is 10.0. The molecule has 0 aromatic heterocycles. The van der Waals surface area contributed by atoms with Crippen LogP contribution in [0.3, 0.4) is 0 Å². The van der Waals surface area contributed by atoms with Crippen LogP contribution < -0.4 is 20.5 Å². The van der Waals surface area contributed by atoms with Crippen molar-refractivity contribution in [2.24, 2.45) is 5.73 Å². The minimum Gasteiger partial charge on any atom is -0.493 e. The SMILES string of the molecule is COc1ccc(CCCNC(=O)CC(N)c2ccccc2)cc1OC.Cl. The molecule has 0 radical (unpaired) electrons. The maximum Gasteiger partial charge on any atom is 0.221 e. The number of carbonyl (C=O) groups excluding carboxylic acids is 1. The summed E-state index contributed by atoms with van der Waals surface area (Å²) in [6, 6.07) is 15.3. The van der Waals surface area contributed by atoms with Gasteiger partial charge in [0.25, 0.3) is 0 Å². The molecule has 0 spiro atoms. The molecule has 2 aromatic rings. The molecular formula is C20H27ClN2O3. The van der Waals surface area contributed by atoms with Crippen LogP contribution in [-0.4, -0.2) is 26.7 Å². The lowest BCUT2D eigenvalue weighted by Gasteiger charge is -2.12. The Labute approximate surface area is 161 Å². The van der Waals surface area contributed by atoms with Crippen LogP contribution in [0.4, 0.5) is 0 Å². The van der Waals surface area contributed by atoms with Crippen LogP contribution >= 0.6 is 12.4 Å². The number of ether oxygens (including phenoxy) is 2. The average Bonchev–Trinajstić information content (AvgIpc) is 2.65. The largest absolute Gasteiger partial charge is 0.493 e. The topological polar surface area (TPSA) is 73.6 Å². The third kappa shape index (κ3) is 6.58. The Bertz CT molecular complexity index is 680. The van der Waals surface area contributed by atoms with Crippen molar-refractivity contribution in [3.8, 4) is 11.5 Å². The van der Waals surface area contributed by atoms with Crippen LogP contribution in [-0.2, 0) is 11.2 Å². The quantitative estimate of drug-likeness (QED) is 0.657. The van der Waals surface area contributed by atoms with Gasteiger partial charge in [0, 0.05) is 19.0 Å². The van der Waals surface area contributed by atoms with Crippen molar-refractivity contribution >= 4 is 18.3 Å². The number of methoxy groups -OCH3 is 2. The molecule has 5 nitrogen and oxygen atoms in total. The number of nitrogens with one attached hydrogen (secondary N) is 1. The van der Waals surface area contributed by atoms with E-state index in [0.717, 1.165) is 35.5 Å². The van der Waals surface area contributed by atoms with Gasteiger partial charge in [0.2, 0.25) is 5.91 Å². The minimum atomic E-state index is -0.271. The van der Waals surface area contributed by atoms with Gasteiger partial charge in [-0.05, 0) is 36.1 Å². The molecule has 0 fully saturated rings. The molecule has 0 aliphatic carbocycles. The molecule has 26 heavy (non-hydrogen) atoms. The maximum absolute atomic E-state index is 12.0. The summed E-state index contributed by atoms with van der Waals surface area (Å²) in [5, 5.41) is 2.93. The summed E-state index contributed by atoms with van der Waals surface area (Å²) in [4.78, 5) is 12.0. The van der Waals surface area contributed by atoms with E-state index in [2.05, 4.69) is 5.32 Å². The Morgan fingerprint density at radius 2 is 1.77 bits per heavy atom. The standard InChI is InChI=1S/C20H26N2O3.ClH/c1-24-18-11-10-15(13-19(18)25-2)7-6-12-22-20(23)14-17(21)16-8-4-3-5-9-16;/h3-5,8-11,13,17H,6-7,12,14,21H2,1-2H3,(H,22,23);1H. The summed E-state index contributed by atoms with van der Waals surface area (Å²) >= 11 is 0. The van der Waals surface area contributed by atoms with Crippen molar-refractivity contribution in [1.82, 2.24) is 5.32 Å². The number of amides is 1. The van der Waals surface area contributed by atoms with Gasteiger partial charge in [-0.25, -0.2) is 0 Å². The van der Waals surface area contributed by atoms with Gasteiger partial charge in [0.05, 0.1) is 14.2 Å². The van der Waals surface area contributed by atoms with Gasteiger partial charge >= 0.3 is 0 Å². The second-order valence-corrected chi connectivity index (χ2v) is 5.86. The molecule has 1 unspecified atom stereocenters. The van der Waals surface area contributed by atoms with Crippen LogP contribution in [0.5, 0.6) is 11.5 Å². The van der Waals surface area contributed by atoms with Crippen LogP contribution in [0.15, 0.2) is 48.5 Å². The number of halogens is 1. The van der Waals surface area contributed by atoms with Crippen LogP contribution in [0.1, 0.15) is 30.0 Å². The molecule has 2 aromatic carbocycles. The van der Waals surface area contributed by atoms with Gasteiger partial charge in [0.15, 0.2) is 11.5 Å². The summed E-state index contributed by atoms with van der Waals surface area (Å²) in [7, 11) is 3.24. The van der Waals surface area contributed by atoms with E-state index in [0.29, 0.717) is 13.0 Å².